The summed E-state index contributed by atoms with van der Waals surface area (Å²) in [5.41, 5.74) is 1.23. The molecule has 0 atom stereocenters. The maximum absolute atomic E-state index is 10.7. The molecule has 9 heteroatoms. The quantitative estimate of drug-likeness (QED) is 0.595. The van der Waals surface area contributed by atoms with Gasteiger partial charge >= 0.3 is 5.69 Å². The van der Waals surface area contributed by atoms with E-state index in [0.29, 0.717) is 19.0 Å². The van der Waals surface area contributed by atoms with Crippen molar-refractivity contribution in [2.75, 3.05) is 26.2 Å². The molecule has 24 heavy (non-hydrogen) atoms. The minimum absolute atomic E-state index is 0.0332. The van der Waals surface area contributed by atoms with Gasteiger partial charge in [-0.3, -0.25) is 19.5 Å². The molecular weight excluding hydrogens is 312 g/mol. The van der Waals surface area contributed by atoms with Gasteiger partial charge in [0.15, 0.2) is 0 Å². The van der Waals surface area contributed by atoms with Gasteiger partial charge in [0.05, 0.1) is 24.6 Å². The molecule has 1 N–H and O–H groups in total. The van der Waals surface area contributed by atoms with Crippen LogP contribution in [0.5, 0.6) is 0 Å². The smallest absolute Gasteiger partial charge is 0.306 e. The van der Waals surface area contributed by atoms with E-state index in [4.69, 9.17) is 5.11 Å². The number of aliphatic hydroxyl groups excluding tert-OH is 1. The topological polar surface area (TPSA) is 102 Å². The molecule has 3 rings (SSSR count). The van der Waals surface area contributed by atoms with Crippen molar-refractivity contribution in [2.24, 2.45) is 0 Å². The van der Waals surface area contributed by atoms with Crippen LogP contribution in [0.2, 0.25) is 0 Å². The standard InChI is InChI=1S/C15H22N6O3/c22-10-9-20-15(1-4-16-20)13-2-5-18(6-3-13)7-8-19-12-14(11-17-19)21(23)24/h1,4,11-13,22H,2-3,5-10H2. The van der Waals surface area contributed by atoms with Crippen molar-refractivity contribution < 1.29 is 10.0 Å². The fourth-order valence-electron chi connectivity index (χ4n) is 3.24. The molecule has 0 aromatic carbocycles. The molecule has 9 nitrogen and oxygen atoms in total. The lowest BCUT2D eigenvalue weighted by molar-refractivity contribution is -0.385. The number of nitrogens with zero attached hydrogens (tertiary/aromatic N) is 6. The van der Waals surface area contributed by atoms with Crippen LogP contribution >= 0.6 is 0 Å². The molecule has 130 valence electrons. The van der Waals surface area contributed by atoms with Crippen molar-refractivity contribution in [2.45, 2.75) is 31.8 Å². The van der Waals surface area contributed by atoms with E-state index in [9.17, 15) is 10.1 Å². The van der Waals surface area contributed by atoms with Crippen LogP contribution in [0.3, 0.4) is 0 Å². The van der Waals surface area contributed by atoms with Crippen molar-refractivity contribution in [3.05, 3.63) is 40.5 Å². The number of rotatable bonds is 7. The van der Waals surface area contributed by atoms with Crippen LogP contribution in [0.4, 0.5) is 5.69 Å². The number of aromatic nitrogens is 4. The van der Waals surface area contributed by atoms with Gasteiger partial charge < -0.3 is 10.0 Å². The third-order valence-corrected chi connectivity index (χ3v) is 4.54. The highest BCUT2D eigenvalue weighted by molar-refractivity contribution is 5.20. The van der Waals surface area contributed by atoms with E-state index in [1.807, 2.05) is 10.7 Å². The van der Waals surface area contributed by atoms with Crippen LogP contribution in [0.1, 0.15) is 24.5 Å². The molecule has 0 bridgehead atoms. The zero-order valence-electron chi connectivity index (χ0n) is 13.5. The summed E-state index contributed by atoms with van der Waals surface area (Å²) >= 11 is 0. The van der Waals surface area contributed by atoms with Crippen molar-refractivity contribution in [3.63, 3.8) is 0 Å². The van der Waals surface area contributed by atoms with Crippen LogP contribution in [-0.4, -0.2) is 60.7 Å². The molecule has 0 unspecified atom stereocenters. The van der Waals surface area contributed by atoms with Crippen LogP contribution in [0.25, 0.3) is 0 Å². The van der Waals surface area contributed by atoms with Gasteiger partial charge in [0.1, 0.15) is 12.4 Å². The van der Waals surface area contributed by atoms with Crippen molar-refractivity contribution in [1.29, 1.82) is 0 Å². The number of nitro groups is 1. The molecule has 3 heterocycles. The lowest BCUT2D eigenvalue weighted by Crippen LogP contribution is -2.35. The van der Waals surface area contributed by atoms with Gasteiger partial charge in [0.2, 0.25) is 0 Å². The van der Waals surface area contributed by atoms with E-state index in [0.717, 1.165) is 32.5 Å². The number of hydrogen-bond acceptors (Lipinski definition) is 6. The lowest BCUT2D eigenvalue weighted by Gasteiger charge is -2.32. The Balaban J connectivity index is 1.48. The van der Waals surface area contributed by atoms with Crippen LogP contribution in [0, 0.1) is 10.1 Å². The van der Waals surface area contributed by atoms with Gasteiger partial charge in [0, 0.05) is 24.4 Å². The van der Waals surface area contributed by atoms with E-state index in [1.165, 1.54) is 18.1 Å². The van der Waals surface area contributed by atoms with Gasteiger partial charge in [-0.15, -0.1) is 0 Å². The minimum Gasteiger partial charge on any atom is -0.394 e. The highest BCUT2D eigenvalue weighted by Gasteiger charge is 2.23. The Kier molecular flexibility index (Phi) is 5.21. The fraction of sp³-hybridized carbons (Fsp3) is 0.600. The third kappa shape index (κ3) is 3.80. The second-order valence-electron chi connectivity index (χ2n) is 6.04. The molecule has 1 fully saturated rings. The summed E-state index contributed by atoms with van der Waals surface area (Å²) in [5.74, 6) is 0.473. The molecule has 1 aliphatic rings. The Bertz CT molecular complexity index is 674. The first kappa shape index (κ1) is 16.6. The van der Waals surface area contributed by atoms with Crippen LogP contribution in [-0.2, 0) is 13.1 Å². The molecule has 0 aliphatic carbocycles. The number of likely N-dealkylation sites (tertiary alicyclic amines) is 1. The summed E-state index contributed by atoms with van der Waals surface area (Å²) < 4.78 is 3.52. The number of aliphatic hydroxyl groups is 1. The van der Waals surface area contributed by atoms with Gasteiger partial charge in [0.25, 0.3) is 0 Å². The summed E-state index contributed by atoms with van der Waals surface area (Å²) in [7, 11) is 0. The Labute approximate surface area is 139 Å². The maximum atomic E-state index is 10.7. The largest absolute Gasteiger partial charge is 0.394 e. The first-order valence-corrected chi connectivity index (χ1v) is 8.19. The number of hydrogen-bond donors (Lipinski definition) is 1. The third-order valence-electron chi connectivity index (χ3n) is 4.54. The average molecular weight is 334 g/mol. The van der Waals surface area contributed by atoms with E-state index in [-0.39, 0.29) is 12.3 Å². The highest BCUT2D eigenvalue weighted by Crippen LogP contribution is 2.27. The first-order valence-electron chi connectivity index (χ1n) is 8.19. The summed E-state index contributed by atoms with van der Waals surface area (Å²) in [6.07, 6.45) is 6.66. The summed E-state index contributed by atoms with van der Waals surface area (Å²) in [6.45, 7) is 4.10. The second kappa shape index (κ2) is 7.54. The molecule has 2 aromatic heterocycles. The van der Waals surface area contributed by atoms with E-state index in [1.54, 1.807) is 10.9 Å². The molecule has 2 aromatic rings. The monoisotopic (exact) mass is 334 g/mol. The van der Waals surface area contributed by atoms with Crippen molar-refractivity contribution >= 4 is 5.69 Å². The first-order chi connectivity index (χ1) is 11.7. The molecule has 0 amide bonds. The molecule has 0 saturated carbocycles. The molecule has 1 aliphatic heterocycles. The normalized spacial score (nSPS) is 16.5. The minimum atomic E-state index is -0.426. The lowest BCUT2D eigenvalue weighted by atomic mass is 9.93. The van der Waals surface area contributed by atoms with Crippen LogP contribution in [0.15, 0.2) is 24.7 Å². The van der Waals surface area contributed by atoms with Gasteiger partial charge in [-0.05, 0) is 32.0 Å². The molecular formula is C15H22N6O3. The van der Waals surface area contributed by atoms with Gasteiger partial charge in [-0.1, -0.05) is 0 Å². The molecule has 0 spiro atoms. The van der Waals surface area contributed by atoms with Crippen LogP contribution < -0.4 is 0 Å². The summed E-state index contributed by atoms with van der Waals surface area (Å²) in [5, 5.41) is 28.1. The summed E-state index contributed by atoms with van der Waals surface area (Å²) in [4.78, 5) is 12.6. The fourth-order valence-corrected chi connectivity index (χ4v) is 3.24. The van der Waals surface area contributed by atoms with Gasteiger partial charge in [-0.2, -0.15) is 10.2 Å². The van der Waals surface area contributed by atoms with E-state index >= 15 is 0 Å². The Morgan fingerprint density at radius 2 is 2.04 bits per heavy atom. The predicted octanol–water partition coefficient (Wildman–Crippen LogP) is 0.860. The Hall–Kier alpha value is -2.26. The summed E-state index contributed by atoms with van der Waals surface area (Å²) in [6, 6.07) is 2.04. The highest BCUT2D eigenvalue weighted by atomic mass is 16.6. The van der Waals surface area contributed by atoms with E-state index < -0.39 is 4.92 Å². The predicted molar refractivity (Wildman–Crippen MR) is 86.6 cm³/mol. The Morgan fingerprint density at radius 3 is 2.71 bits per heavy atom. The Morgan fingerprint density at radius 1 is 1.25 bits per heavy atom. The van der Waals surface area contributed by atoms with Gasteiger partial charge in [-0.25, -0.2) is 0 Å². The maximum Gasteiger partial charge on any atom is 0.306 e. The SMILES string of the molecule is O=[N+]([O-])c1cnn(CCN2CCC(c3ccnn3CCO)CC2)c1. The molecule has 1 saturated heterocycles. The second-order valence-corrected chi connectivity index (χ2v) is 6.04. The number of piperidine rings is 1. The average Bonchev–Trinajstić information content (AvgIpc) is 3.23. The van der Waals surface area contributed by atoms with Crippen molar-refractivity contribution in [3.8, 4) is 0 Å². The zero-order chi connectivity index (χ0) is 16.9. The van der Waals surface area contributed by atoms with E-state index in [2.05, 4.69) is 15.1 Å². The molecule has 0 radical (unpaired) electrons. The van der Waals surface area contributed by atoms with Crippen molar-refractivity contribution in [1.82, 2.24) is 24.5 Å². The zero-order valence-corrected chi connectivity index (χ0v) is 13.5.